The minimum Gasteiger partial charge on any atom is -0.484 e. The number of aryl methyl sites for hydroxylation is 1. The number of carbonyl (C=O) groups is 1. The first-order valence-corrected chi connectivity index (χ1v) is 6.47. The van der Waals surface area contributed by atoms with E-state index < -0.39 is 5.54 Å². The van der Waals surface area contributed by atoms with Crippen LogP contribution in [0.2, 0.25) is 0 Å². The molecule has 0 aliphatic rings. The quantitative estimate of drug-likeness (QED) is 0.871. The predicted molar refractivity (Wildman–Crippen MR) is 84.0 cm³/mol. The van der Waals surface area contributed by atoms with E-state index in [0.29, 0.717) is 23.2 Å². The lowest BCUT2D eigenvalue weighted by atomic mass is 10.1. The number of amides is 1. The van der Waals surface area contributed by atoms with Gasteiger partial charge in [-0.3, -0.25) is 4.79 Å². The number of rotatable bonds is 5. The molecule has 120 valence electrons. The van der Waals surface area contributed by atoms with Crippen molar-refractivity contribution in [2.75, 3.05) is 5.32 Å². The first-order chi connectivity index (χ1) is 9.84. The number of aromatic nitrogens is 2. The summed E-state index contributed by atoms with van der Waals surface area (Å²) in [7, 11) is 0. The van der Waals surface area contributed by atoms with Gasteiger partial charge in [-0.15, -0.1) is 12.4 Å². The van der Waals surface area contributed by atoms with Gasteiger partial charge in [-0.1, -0.05) is 5.16 Å². The van der Waals surface area contributed by atoms with Crippen LogP contribution in [0.1, 0.15) is 25.6 Å². The summed E-state index contributed by atoms with van der Waals surface area (Å²) in [5, 5.41) is 6.40. The number of halogens is 1. The molecule has 1 aromatic heterocycles. The predicted octanol–water partition coefficient (Wildman–Crippen LogP) is 2.05. The average Bonchev–Trinajstić information content (AvgIpc) is 2.83. The molecule has 22 heavy (non-hydrogen) atoms. The molecule has 2 rings (SSSR count). The van der Waals surface area contributed by atoms with E-state index in [-0.39, 0.29) is 24.9 Å². The SMILES string of the molecule is Cc1noc(COc2ccc(NC(=O)C(C)(C)N)cc2)n1.Cl. The van der Waals surface area contributed by atoms with Gasteiger partial charge in [-0.25, -0.2) is 0 Å². The summed E-state index contributed by atoms with van der Waals surface area (Å²) in [6.07, 6.45) is 0. The summed E-state index contributed by atoms with van der Waals surface area (Å²) in [4.78, 5) is 15.8. The molecule has 0 aliphatic heterocycles. The first-order valence-electron chi connectivity index (χ1n) is 6.47. The number of benzene rings is 1. The molecule has 0 atom stereocenters. The first kappa shape index (κ1) is 17.9. The molecule has 1 heterocycles. The molecule has 3 N–H and O–H groups in total. The Hall–Kier alpha value is -2.12. The lowest BCUT2D eigenvalue weighted by Crippen LogP contribution is -2.45. The fourth-order valence-corrected chi connectivity index (χ4v) is 1.47. The Bertz CT molecular complexity index is 620. The smallest absolute Gasteiger partial charge is 0.264 e. The van der Waals surface area contributed by atoms with Crippen molar-refractivity contribution < 1.29 is 14.1 Å². The Morgan fingerprint density at radius 3 is 2.50 bits per heavy atom. The van der Waals surface area contributed by atoms with Crippen LogP contribution in [-0.2, 0) is 11.4 Å². The van der Waals surface area contributed by atoms with Crippen molar-refractivity contribution in [3.8, 4) is 5.75 Å². The van der Waals surface area contributed by atoms with Crippen molar-refractivity contribution in [3.05, 3.63) is 36.0 Å². The summed E-state index contributed by atoms with van der Waals surface area (Å²) >= 11 is 0. The summed E-state index contributed by atoms with van der Waals surface area (Å²) in [5.41, 5.74) is 5.44. The second kappa shape index (κ2) is 7.24. The van der Waals surface area contributed by atoms with Gasteiger partial charge in [0.05, 0.1) is 5.54 Å². The van der Waals surface area contributed by atoms with Crippen LogP contribution in [0, 0.1) is 6.92 Å². The number of ether oxygens (including phenoxy) is 1. The van der Waals surface area contributed by atoms with Gasteiger partial charge >= 0.3 is 0 Å². The molecule has 0 aliphatic carbocycles. The second-order valence-corrected chi connectivity index (χ2v) is 5.22. The largest absolute Gasteiger partial charge is 0.484 e. The summed E-state index contributed by atoms with van der Waals surface area (Å²) < 4.78 is 10.4. The molecule has 1 amide bonds. The molecule has 0 fully saturated rings. The Kier molecular flexibility index (Phi) is 5.90. The summed E-state index contributed by atoms with van der Waals surface area (Å²) in [6, 6.07) is 6.95. The average molecular weight is 327 g/mol. The van der Waals surface area contributed by atoms with E-state index in [1.807, 2.05) is 0 Å². The normalized spacial score (nSPS) is 10.7. The maximum atomic E-state index is 11.7. The molecule has 0 spiro atoms. The molecule has 0 unspecified atom stereocenters. The van der Waals surface area contributed by atoms with Gasteiger partial charge in [-0.2, -0.15) is 4.98 Å². The molecule has 0 saturated heterocycles. The lowest BCUT2D eigenvalue weighted by molar-refractivity contribution is -0.120. The van der Waals surface area contributed by atoms with Crippen LogP contribution in [0.4, 0.5) is 5.69 Å². The van der Waals surface area contributed by atoms with Crippen molar-refractivity contribution in [2.24, 2.45) is 5.73 Å². The standard InChI is InChI=1S/C14H18N4O3.ClH/c1-9-16-12(21-18-9)8-20-11-6-4-10(5-7-11)17-13(19)14(2,3)15;/h4-7H,8,15H2,1-3H3,(H,17,19);1H. The number of nitrogens with one attached hydrogen (secondary N) is 1. The van der Waals surface area contributed by atoms with Crippen LogP contribution in [0.3, 0.4) is 0 Å². The zero-order valence-corrected chi connectivity index (χ0v) is 13.4. The van der Waals surface area contributed by atoms with Gasteiger partial charge in [0.1, 0.15) is 5.75 Å². The highest BCUT2D eigenvalue weighted by Crippen LogP contribution is 2.17. The van der Waals surface area contributed by atoms with Crippen molar-refractivity contribution in [1.29, 1.82) is 0 Å². The van der Waals surface area contributed by atoms with E-state index in [4.69, 9.17) is 15.0 Å². The van der Waals surface area contributed by atoms with Crippen LogP contribution in [0.25, 0.3) is 0 Å². The molecule has 7 nitrogen and oxygen atoms in total. The molecule has 0 saturated carbocycles. The molecular formula is C14H19ClN4O3. The number of nitrogens with zero attached hydrogens (tertiary/aromatic N) is 2. The number of hydrogen-bond donors (Lipinski definition) is 2. The molecule has 1 aromatic carbocycles. The van der Waals surface area contributed by atoms with Gasteiger partial charge in [0.15, 0.2) is 12.4 Å². The summed E-state index contributed by atoms with van der Waals surface area (Å²) in [5.74, 6) is 1.36. The third-order valence-electron chi connectivity index (χ3n) is 2.63. The van der Waals surface area contributed by atoms with E-state index in [1.165, 1.54) is 0 Å². The lowest BCUT2D eigenvalue weighted by Gasteiger charge is -2.17. The Balaban J connectivity index is 0.00000242. The number of nitrogens with two attached hydrogens (primary N) is 1. The van der Waals surface area contributed by atoms with E-state index in [9.17, 15) is 4.79 Å². The van der Waals surface area contributed by atoms with Crippen LogP contribution in [-0.4, -0.2) is 21.6 Å². The van der Waals surface area contributed by atoms with E-state index in [0.717, 1.165) is 0 Å². The van der Waals surface area contributed by atoms with Crippen LogP contribution >= 0.6 is 12.4 Å². The van der Waals surface area contributed by atoms with Gasteiger partial charge in [0.2, 0.25) is 5.91 Å². The van der Waals surface area contributed by atoms with E-state index in [2.05, 4.69) is 15.5 Å². The maximum Gasteiger partial charge on any atom is 0.264 e. The van der Waals surface area contributed by atoms with Crippen molar-refractivity contribution in [2.45, 2.75) is 32.9 Å². The highest BCUT2D eigenvalue weighted by Gasteiger charge is 2.21. The number of anilines is 1. The van der Waals surface area contributed by atoms with E-state index in [1.54, 1.807) is 45.0 Å². The zero-order valence-electron chi connectivity index (χ0n) is 12.6. The monoisotopic (exact) mass is 326 g/mol. The minimum absolute atomic E-state index is 0. The Morgan fingerprint density at radius 1 is 1.36 bits per heavy atom. The molecular weight excluding hydrogens is 308 g/mol. The topological polar surface area (TPSA) is 103 Å². The van der Waals surface area contributed by atoms with Crippen molar-refractivity contribution in [3.63, 3.8) is 0 Å². The van der Waals surface area contributed by atoms with Gasteiger partial charge < -0.3 is 20.3 Å². The highest BCUT2D eigenvalue weighted by atomic mass is 35.5. The molecule has 2 aromatic rings. The van der Waals surface area contributed by atoms with Gasteiger partial charge in [0, 0.05) is 5.69 Å². The Morgan fingerprint density at radius 2 is 2.00 bits per heavy atom. The van der Waals surface area contributed by atoms with Gasteiger partial charge in [-0.05, 0) is 45.0 Å². The number of hydrogen-bond acceptors (Lipinski definition) is 6. The highest BCUT2D eigenvalue weighted by molar-refractivity contribution is 5.97. The number of carbonyl (C=O) groups excluding carboxylic acids is 1. The molecule has 0 radical (unpaired) electrons. The van der Waals surface area contributed by atoms with Gasteiger partial charge in [0.25, 0.3) is 5.89 Å². The zero-order chi connectivity index (χ0) is 15.5. The van der Waals surface area contributed by atoms with E-state index >= 15 is 0 Å². The fourth-order valence-electron chi connectivity index (χ4n) is 1.47. The van der Waals surface area contributed by atoms with Crippen molar-refractivity contribution >= 4 is 24.0 Å². The maximum absolute atomic E-state index is 11.7. The molecule has 0 bridgehead atoms. The Labute approximate surface area is 134 Å². The minimum atomic E-state index is -0.926. The van der Waals surface area contributed by atoms with Crippen molar-refractivity contribution in [1.82, 2.24) is 10.1 Å². The van der Waals surface area contributed by atoms with Crippen LogP contribution < -0.4 is 15.8 Å². The van der Waals surface area contributed by atoms with Crippen LogP contribution in [0.15, 0.2) is 28.8 Å². The second-order valence-electron chi connectivity index (χ2n) is 5.22. The summed E-state index contributed by atoms with van der Waals surface area (Å²) in [6.45, 7) is 5.23. The fraction of sp³-hybridized carbons (Fsp3) is 0.357. The third kappa shape index (κ3) is 5.01. The third-order valence-corrected chi connectivity index (χ3v) is 2.63. The molecule has 8 heteroatoms. The van der Waals surface area contributed by atoms with Crippen LogP contribution in [0.5, 0.6) is 5.75 Å².